The summed E-state index contributed by atoms with van der Waals surface area (Å²) in [6, 6.07) is 5.63. The van der Waals surface area contributed by atoms with Gasteiger partial charge in [-0.1, -0.05) is 15.9 Å². The maximum Gasteiger partial charge on any atom is 0.251 e. The molecule has 3 rings (SSSR count). The smallest absolute Gasteiger partial charge is 0.251 e. The predicted octanol–water partition coefficient (Wildman–Crippen LogP) is 1.99. The quantitative estimate of drug-likeness (QED) is 0.866. The van der Waals surface area contributed by atoms with Crippen LogP contribution in [0.1, 0.15) is 28.8 Å². The molecule has 1 heterocycles. The molecule has 108 valence electrons. The van der Waals surface area contributed by atoms with Gasteiger partial charge in [0.05, 0.1) is 12.1 Å². The van der Waals surface area contributed by atoms with Gasteiger partial charge in [0, 0.05) is 28.6 Å². The number of hydrogen-bond donors (Lipinski definition) is 2. The topological polar surface area (TPSA) is 64.4 Å². The average Bonchev–Trinajstić information content (AvgIpc) is 2.43. The van der Waals surface area contributed by atoms with Gasteiger partial charge in [0.1, 0.15) is 0 Å². The Morgan fingerprint density at radius 1 is 1.45 bits per heavy atom. The highest BCUT2D eigenvalue weighted by atomic mass is 79.9. The van der Waals surface area contributed by atoms with Crippen LogP contribution in [0, 0.1) is 12.8 Å². The van der Waals surface area contributed by atoms with Crippen LogP contribution in [-0.2, 0) is 4.74 Å². The summed E-state index contributed by atoms with van der Waals surface area (Å²) in [6.45, 7) is 2.74. The number of carbonyl (C=O) groups is 1. The van der Waals surface area contributed by atoms with Gasteiger partial charge in [0.25, 0.3) is 5.91 Å². The number of halogens is 1. The first kappa shape index (κ1) is 14.0. The summed E-state index contributed by atoms with van der Waals surface area (Å²) in [7, 11) is 0. The Morgan fingerprint density at radius 2 is 2.25 bits per heavy atom. The minimum absolute atomic E-state index is 0.0116. The number of rotatable bonds is 2. The van der Waals surface area contributed by atoms with Crippen molar-refractivity contribution in [1.82, 2.24) is 5.32 Å². The van der Waals surface area contributed by atoms with Crippen LogP contribution in [0.5, 0.6) is 0 Å². The molecular formula is C15H19BrN2O2. The van der Waals surface area contributed by atoms with Gasteiger partial charge < -0.3 is 15.8 Å². The van der Waals surface area contributed by atoms with E-state index in [0.29, 0.717) is 11.5 Å². The highest BCUT2D eigenvalue weighted by Gasteiger charge is 2.51. The number of benzene rings is 1. The maximum absolute atomic E-state index is 12.3. The SMILES string of the molecule is Cc1cc(Br)cc(C(=O)NC2C(N)C3CCCOC32)c1. The summed E-state index contributed by atoms with van der Waals surface area (Å²) < 4.78 is 6.65. The van der Waals surface area contributed by atoms with Crippen molar-refractivity contribution in [2.75, 3.05) is 6.61 Å². The minimum atomic E-state index is -0.0810. The monoisotopic (exact) mass is 338 g/mol. The van der Waals surface area contributed by atoms with Gasteiger partial charge in [0.2, 0.25) is 0 Å². The largest absolute Gasteiger partial charge is 0.376 e. The zero-order valence-electron chi connectivity index (χ0n) is 11.4. The molecule has 1 saturated heterocycles. The lowest BCUT2D eigenvalue weighted by molar-refractivity contribution is -0.117. The highest BCUT2D eigenvalue weighted by Crippen LogP contribution is 2.37. The lowest BCUT2D eigenvalue weighted by Gasteiger charge is -2.52. The van der Waals surface area contributed by atoms with Gasteiger partial charge in [-0.15, -0.1) is 0 Å². The maximum atomic E-state index is 12.3. The molecule has 1 aliphatic heterocycles. The second-order valence-electron chi connectivity index (χ2n) is 5.74. The number of fused-ring (bicyclic) bond motifs is 1. The Hall–Kier alpha value is -0.910. The van der Waals surface area contributed by atoms with Crippen molar-refractivity contribution in [3.63, 3.8) is 0 Å². The van der Waals surface area contributed by atoms with E-state index in [1.165, 1.54) is 0 Å². The highest BCUT2D eigenvalue weighted by molar-refractivity contribution is 9.10. The Bertz CT molecular complexity index is 514. The van der Waals surface area contributed by atoms with Gasteiger partial charge in [-0.2, -0.15) is 0 Å². The first-order chi connectivity index (χ1) is 9.56. The number of aryl methyl sites for hydroxylation is 1. The first-order valence-corrected chi connectivity index (χ1v) is 7.81. The number of carbonyl (C=O) groups excluding carboxylic acids is 1. The van der Waals surface area contributed by atoms with E-state index in [-0.39, 0.29) is 24.1 Å². The van der Waals surface area contributed by atoms with Gasteiger partial charge >= 0.3 is 0 Å². The third kappa shape index (κ3) is 2.50. The summed E-state index contributed by atoms with van der Waals surface area (Å²) >= 11 is 3.42. The molecule has 1 amide bonds. The molecule has 4 nitrogen and oxygen atoms in total. The molecule has 3 N–H and O–H groups in total. The molecule has 20 heavy (non-hydrogen) atoms. The van der Waals surface area contributed by atoms with Crippen molar-refractivity contribution in [1.29, 1.82) is 0 Å². The fourth-order valence-electron chi connectivity index (χ4n) is 3.23. The fourth-order valence-corrected chi connectivity index (χ4v) is 3.84. The van der Waals surface area contributed by atoms with E-state index in [1.54, 1.807) is 0 Å². The molecule has 4 atom stereocenters. The molecule has 1 aliphatic carbocycles. The van der Waals surface area contributed by atoms with Crippen LogP contribution in [-0.4, -0.2) is 30.7 Å². The Kier molecular flexibility index (Phi) is 3.84. The zero-order valence-corrected chi connectivity index (χ0v) is 13.0. The minimum Gasteiger partial charge on any atom is -0.376 e. The van der Waals surface area contributed by atoms with Gasteiger partial charge in [-0.3, -0.25) is 4.79 Å². The summed E-state index contributed by atoms with van der Waals surface area (Å²) in [5, 5.41) is 3.03. The van der Waals surface area contributed by atoms with E-state index in [0.717, 1.165) is 29.5 Å². The van der Waals surface area contributed by atoms with Gasteiger partial charge in [0.15, 0.2) is 0 Å². The van der Waals surface area contributed by atoms with Crippen LogP contribution in [0.25, 0.3) is 0 Å². The van der Waals surface area contributed by atoms with E-state index in [9.17, 15) is 4.79 Å². The number of amides is 1. The van der Waals surface area contributed by atoms with E-state index in [2.05, 4.69) is 21.2 Å². The Labute approximate surface area is 127 Å². The Morgan fingerprint density at radius 3 is 3.00 bits per heavy atom. The van der Waals surface area contributed by atoms with Crippen molar-refractivity contribution >= 4 is 21.8 Å². The standard InChI is InChI=1S/C15H19BrN2O2/c1-8-5-9(7-10(16)6-8)15(19)18-13-12(17)11-3-2-4-20-14(11)13/h5-7,11-14H,2-4,17H2,1H3,(H,18,19). The molecule has 0 spiro atoms. The second-order valence-corrected chi connectivity index (χ2v) is 6.65. The third-order valence-electron chi connectivity index (χ3n) is 4.28. The molecule has 4 unspecified atom stereocenters. The molecule has 5 heteroatoms. The predicted molar refractivity (Wildman–Crippen MR) is 80.6 cm³/mol. The molecule has 1 aromatic rings. The third-order valence-corrected chi connectivity index (χ3v) is 4.74. The Balaban J connectivity index is 1.70. The molecule has 0 bridgehead atoms. The lowest BCUT2D eigenvalue weighted by Crippen LogP contribution is -2.72. The van der Waals surface area contributed by atoms with Crippen molar-refractivity contribution in [2.24, 2.45) is 11.7 Å². The van der Waals surface area contributed by atoms with Crippen LogP contribution >= 0.6 is 15.9 Å². The van der Waals surface area contributed by atoms with E-state index in [4.69, 9.17) is 10.5 Å². The van der Waals surface area contributed by atoms with Crippen molar-refractivity contribution in [2.45, 2.75) is 38.0 Å². The van der Waals surface area contributed by atoms with Crippen molar-refractivity contribution in [3.05, 3.63) is 33.8 Å². The summed E-state index contributed by atoms with van der Waals surface area (Å²) in [4.78, 5) is 12.3. The molecule has 0 radical (unpaired) electrons. The molecule has 2 fully saturated rings. The zero-order chi connectivity index (χ0) is 14.3. The number of ether oxygens (including phenoxy) is 1. The molecule has 1 aromatic carbocycles. The second kappa shape index (κ2) is 5.47. The first-order valence-electron chi connectivity index (χ1n) is 7.01. The van der Waals surface area contributed by atoms with Gasteiger partial charge in [-0.05, 0) is 43.5 Å². The van der Waals surface area contributed by atoms with Crippen LogP contribution in [0.4, 0.5) is 0 Å². The number of nitrogens with two attached hydrogens (primary N) is 1. The van der Waals surface area contributed by atoms with Crippen LogP contribution in [0.2, 0.25) is 0 Å². The number of nitrogens with one attached hydrogen (secondary N) is 1. The van der Waals surface area contributed by atoms with Gasteiger partial charge in [-0.25, -0.2) is 0 Å². The summed E-state index contributed by atoms with van der Waals surface area (Å²) in [5.41, 5.74) is 7.87. The van der Waals surface area contributed by atoms with E-state index >= 15 is 0 Å². The molecule has 2 aliphatic rings. The lowest BCUT2D eigenvalue weighted by atomic mass is 9.68. The van der Waals surface area contributed by atoms with E-state index < -0.39 is 0 Å². The van der Waals surface area contributed by atoms with Crippen LogP contribution in [0.15, 0.2) is 22.7 Å². The van der Waals surface area contributed by atoms with Crippen molar-refractivity contribution in [3.8, 4) is 0 Å². The molecular weight excluding hydrogens is 320 g/mol. The van der Waals surface area contributed by atoms with Crippen molar-refractivity contribution < 1.29 is 9.53 Å². The van der Waals surface area contributed by atoms with Crippen LogP contribution in [0.3, 0.4) is 0 Å². The average molecular weight is 339 g/mol. The van der Waals surface area contributed by atoms with E-state index in [1.807, 2.05) is 25.1 Å². The fraction of sp³-hybridized carbons (Fsp3) is 0.533. The number of hydrogen-bond acceptors (Lipinski definition) is 3. The van der Waals surface area contributed by atoms with Crippen LogP contribution < -0.4 is 11.1 Å². The summed E-state index contributed by atoms with van der Waals surface area (Å²) in [5.74, 6) is 0.320. The molecule has 1 saturated carbocycles. The normalized spacial score (nSPS) is 32.1. The summed E-state index contributed by atoms with van der Waals surface area (Å²) in [6.07, 6.45) is 2.27. The molecule has 0 aromatic heterocycles.